The van der Waals surface area contributed by atoms with Gasteiger partial charge in [-0.2, -0.15) is 0 Å². The Morgan fingerprint density at radius 1 is 1.50 bits per heavy atom. The second-order valence-corrected chi connectivity index (χ2v) is 4.30. The summed E-state index contributed by atoms with van der Waals surface area (Å²) in [6.45, 7) is 2.91. The number of carbonyl (C=O) groups is 1. The van der Waals surface area contributed by atoms with E-state index in [0.29, 0.717) is 13.2 Å². The summed E-state index contributed by atoms with van der Waals surface area (Å²) in [5.74, 6) is 0.755. The number of alkyl carbamates (subject to hydrolysis) is 1. The number of hydrogen-bond acceptors (Lipinski definition) is 4. The number of nitrogens with two attached hydrogens (primary N) is 1. The maximum atomic E-state index is 10.8. The van der Waals surface area contributed by atoms with Crippen molar-refractivity contribution in [1.29, 1.82) is 0 Å². The number of amides is 1. The molecule has 1 heterocycles. The molecular weight excluding hydrogens is 232 g/mol. The van der Waals surface area contributed by atoms with E-state index >= 15 is 0 Å². The number of hydrogen-bond donors (Lipinski definition) is 2. The number of nitrogens with one attached hydrogen (secondary N) is 1. The molecule has 18 heavy (non-hydrogen) atoms. The van der Waals surface area contributed by atoms with Crippen molar-refractivity contribution in [2.75, 3.05) is 13.2 Å². The van der Waals surface area contributed by atoms with E-state index in [4.69, 9.17) is 15.2 Å². The average molecular weight is 250 g/mol. The summed E-state index contributed by atoms with van der Waals surface area (Å²) in [6.07, 6.45) is 0.312. The lowest BCUT2D eigenvalue weighted by Crippen LogP contribution is -2.21. The Hall–Kier alpha value is -1.75. The van der Waals surface area contributed by atoms with Gasteiger partial charge >= 0.3 is 6.09 Å². The first kappa shape index (κ1) is 12.7. The second kappa shape index (κ2) is 5.73. The minimum absolute atomic E-state index is 0.0686. The Bertz CT molecular complexity index is 405. The SMILES string of the molecule is CC[C@H](N)c1ccc(OCC2CNC(=O)O2)cc1. The standard InChI is InChI=1S/C13H18N2O3/c1-2-12(14)9-3-5-10(6-4-9)17-8-11-7-15-13(16)18-11/h3-6,11-12H,2,7-8,14H2,1H3,(H,15,16)/t11?,12-/m0/s1. The number of ether oxygens (including phenoxy) is 2. The average Bonchev–Trinajstić information content (AvgIpc) is 2.82. The molecule has 2 rings (SSSR count). The molecule has 98 valence electrons. The van der Waals surface area contributed by atoms with Crippen molar-refractivity contribution in [3.05, 3.63) is 29.8 Å². The molecule has 0 bridgehead atoms. The van der Waals surface area contributed by atoms with Crippen LogP contribution in [0.2, 0.25) is 0 Å². The van der Waals surface area contributed by atoms with Gasteiger partial charge in [0.25, 0.3) is 0 Å². The maximum absolute atomic E-state index is 10.8. The highest BCUT2D eigenvalue weighted by atomic mass is 16.6. The van der Waals surface area contributed by atoms with Gasteiger partial charge in [0.1, 0.15) is 12.4 Å². The van der Waals surface area contributed by atoms with Gasteiger partial charge in [-0.3, -0.25) is 0 Å². The molecule has 1 aliphatic rings. The Kier molecular flexibility index (Phi) is 4.04. The van der Waals surface area contributed by atoms with Crippen molar-refractivity contribution in [3.8, 4) is 5.75 Å². The lowest BCUT2D eigenvalue weighted by Gasteiger charge is -2.12. The molecule has 5 heteroatoms. The normalized spacial score (nSPS) is 20.1. The fourth-order valence-electron chi connectivity index (χ4n) is 1.76. The highest BCUT2D eigenvalue weighted by Gasteiger charge is 2.22. The van der Waals surface area contributed by atoms with Crippen LogP contribution >= 0.6 is 0 Å². The van der Waals surface area contributed by atoms with Crippen molar-refractivity contribution >= 4 is 6.09 Å². The summed E-state index contributed by atoms with van der Waals surface area (Å²) in [7, 11) is 0. The number of cyclic esters (lactones) is 1. The first-order chi connectivity index (χ1) is 8.69. The summed E-state index contributed by atoms with van der Waals surface area (Å²) in [5, 5.41) is 2.58. The zero-order chi connectivity index (χ0) is 13.0. The van der Waals surface area contributed by atoms with E-state index in [-0.39, 0.29) is 18.2 Å². The van der Waals surface area contributed by atoms with Crippen LogP contribution in [0.3, 0.4) is 0 Å². The molecule has 0 radical (unpaired) electrons. The van der Waals surface area contributed by atoms with E-state index < -0.39 is 0 Å². The zero-order valence-corrected chi connectivity index (χ0v) is 10.4. The van der Waals surface area contributed by atoms with Gasteiger partial charge in [-0.1, -0.05) is 19.1 Å². The summed E-state index contributed by atoms with van der Waals surface area (Å²) in [5.41, 5.74) is 7.02. The molecule has 1 aliphatic heterocycles. The molecule has 5 nitrogen and oxygen atoms in total. The van der Waals surface area contributed by atoms with Crippen LogP contribution < -0.4 is 15.8 Å². The number of benzene rings is 1. The number of carbonyl (C=O) groups excluding carboxylic acids is 1. The smallest absolute Gasteiger partial charge is 0.407 e. The Labute approximate surface area is 106 Å². The van der Waals surface area contributed by atoms with E-state index in [0.717, 1.165) is 17.7 Å². The molecule has 2 atom stereocenters. The van der Waals surface area contributed by atoms with E-state index in [1.54, 1.807) is 0 Å². The van der Waals surface area contributed by atoms with Gasteiger partial charge in [-0.25, -0.2) is 4.79 Å². The molecule has 1 aromatic rings. The maximum Gasteiger partial charge on any atom is 0.407 e. The lowest BCUT2D eigenvalue weighted by atomic mass is 10.1. The van der Waals surface area contributed by atoms with Crippen LogP contribution in [0, 0.1) is 0 Å². The van der Waals surface area contributed by atoms with Crippen molar-refractivity contribution in [1.82, 2.24) is 5.32 Å². The third-order valence-corrected chi connectivity index (χ3v) is 2.93. The van der Waals surface area contributed by atoms with Crippen LogP contribution in [0.4, 0.5) is 4.79 Å². The minimum atomic E-state index is -0.382. The van der Waals surface area contributed by atoms with Gasteiger partial charge in [0, 0.05) is 6.04 Å². The predicted molar refractivity (Wildman–Crippen MR) is 67.4 cm³/mol. The van der Waals surface area contributed by atoms with E-state index in [1.807, 2.05) is 24.3 Å². The molecule has 1 amide bonds. The third-order valence-electron chi connectivity index (χ3n) is 2.93. The van der Waals surface area contributed by atoms with Gasteiger partial charge in [-0.15, -0.1) is 0 Å². The van der Waals surface area contributed by atoms with Crippen molar-refractivity contribution in [3.63, 3.8) is 0 Å². The molecule has 0 spiro atoms. The van der Waals surface area contributed by atoms with Crippen LogP contribution in [-0.2, 0) is 4.74 Å². The summed E-state index contributed by atoms with van der Waals surface area (Å²) >= 11 is 0. The van der Waals surface area contributed by atoms with Crippen molar-refractivity contribution in [2.45, 2.75) is 25.5 Å². The van der Waals surface area contributed by atoms with Crippen LogP contribution in [0.1, 0.15) is 24.9 Å². The fraction of sp³-hybridized carbons (Fsp3) is 0.462. The Morgan fingerprint density at radius 2 is 2.22 bits per heavy atom. The highest BCUT2D eigenvalue weighted by molar-refractivity contribution is 5.69. The monoisotopic (exact) mass is 250 g/mol. The van der Waals surface area contributed by atoms with Gasteiger partial charge in [-0.05, 0) is 24.1 Å². The van der Waals surface area contributed by atoms with E-state index in [9.17, 15) is 4.79 Å². The van der Waals surface area contributed by atoms with Crippen LogP contribution in [0.25, 0.3) is 0 Å². The van der Waals surface area contributed by atoms with Gasteiger partial charge in [0.2, 0.25) is 0 Å². The topological polar surface area (TPSA) is 73.6 Å². The predicted octanol–water partition coefficient (Wildman–Crippen LogP) is 1.58. The quantitative estimate of drug-likeness (QED) is 0.832. The largest absolute Gasteiger partial charge is 0.490 e. The third kappa shape index (κ3) is 3.13. The second-order valence-electron chi connectivity index (χ2n) is 4.30. The van der Waals surface area contributed by atoms with Crippen molar-refractivity contribution < 1.29 is 14.3 Å². The van der Waals surface area contributed by atoms with Crippen LogP contribution in [-0.4, -0.2) is 25.3 Å². The molecule has 0 aromatic heterocycles. The van der Waals surface area contributed by atoms with Crippen LogP contribution in [0.15, 0.2) is 24.3 Å². The number of rotatable bonds is 5. The summed E-state index contributed by atoms with van der Waals surface area (Å²) < 4.78 is 10.5. The Balaban J connectivity index is 1.84. The minimum Gasteiger partial charge on any atom is -0.490 e. The molecule has 3 N–H and O–H groups in total. The van der Waals surface area contributed by atoms with E-state index in [2.05, 4.69) is 12.2 Å². The fourth-order valence-corrected chi connectivity index (χ4v) is 1.76. The first-order valence-electron chi connectivity index (χ1n) is 6.12. The molecule has 1 saturated heterocycles. The highest BCUT2D eigenvalue weighted by Crippen LogP contribution is 2.18. The molecule has 0 aliphatic carbocycles. The van der Waals surface area contributed by atoms with E-state index in [1.165, 1.54) is 0 Å². The molecular formula is C13H18N2O3. The lowest BCUT2D eigenvalue weighted by molar-refractivity contribution is 0.105. The summed E-state index contributed by atoms with van der Waals surface area (Å²) in [4.78, 5) is 10.8. The van der Waals surface area contributed by atoms with Gasteiger partial charge < -0.3 is 20.5 Å². The summed E-state index contributed by atoms with van der Waals surface area (Å²) in [6, 6.07) is 7.76. The molecule has 0 saturated carbocycles. The van der Waals surface area contributed by atoms with Gasteiger partial charge in [0.05, 0.1) is 6.54 Å². The first-order valence-corrected chi connectivity index (χ1v) is 6.12. The van der Waals surface area contributed by atoms with Crippen molar-refractivity contribution in [2.24, 2.45) is 5.73 Å². The molecule has 1 aromatic carbocycles. The Morgan fingerprint density at radius 3 is 2.78 bits per heavy atom. The molecule has 1 unspecified atom stereocenters. The zero-order valence-electron chi connectivity index (χ0n) is 10.4. The molecule has 1 fully saturated rings. The van der Waals surface area contributed by atoms with Crippen LogP contribution in [0.5, 0.6) is 5.75 Å². The van der Waals surface area contributed by atoms with Gasteiger partial charge in [0.15, 0.2) is 6.10 Å².